The fourth-order valence-corrected chi connectivity index (χ4v) is 8.61. The molecule has 170 valence electrons. The number of benzene rings is 1. The Morgan fingerprint density at radius 1 is 1.23 bits per heavy atom. The van der Waals surface area contributed by atoms with Crippen LogP contribution in [-0.4, -0.2) is 50.6 Å². The quantitative estimate of drug-likeness (QED) is 0.489. The summed E-state index contributed by atoms with van der Waals surface area (Å²) in [5.41, 5.74) is -1.82. The van der Waals surface area contributed by atoms with Crippen molar-refractivity contribution in [1.82, 2.24) is 4.31 Å². The molecular weight excluding hydrogens is 418 g/mol. The first-order valence-electron chi connectivity index (χ1n) is 11.3. The maximum atomic E-state index is 13.9. The van der Waals surface area contributed by atoms with Gasteiger partial charge in [0.25, 0.3) is 0 Å². The lowest BCUT2D eigenvalue weighted by Gasteiger charge is -2.45. The van der Waals surface area contributed by atoms with Gasteiger partial charge in [0.15, 0.2) is 11.5 Å². The van der Waals surface area contributed by atoms with E-state index in [1.165, 1.54) is 10.4 Å². The van der Waals surface area contributed by atoms with Gasteiger partial charge >= 0.3 is 5.97 Å². The summed E-state index contributed by atoms with van der Waals surface area (Å²) in [5.74, 6) is 0.924. The van der Waals surface area contributed by atoms with Gasteiger partial charge in [-0.3, -0.25) is 0 Å². The van der Waals surface area contributed by atoms with Gasteiger partial charge in [-0.1, -0.05) is 27.2 Å². The van der Waals surface area contributed by atoms with Gasteiger partial charge in [0.1, 0.15) is 18.8 Å². The van der Waals surface area contributed by atoms with E-state index in [4.69, 9.17) is 14.2 Å². The van der Waals surface area contributed by atoms with Crippen molar-refractivity contribution in [2.75, 3.05) is 26.4 Å². The molecule has 0 N–H and O–H groups in total. The number of carbonyl (C=O) groups excluding carboxylic acids is 1. The smallest absolute Gasteiger partial charge is 0.328 e. The first-order chi connectivity index (χ1) is 14.7. The second-order valence-electron chi connectivity index (χ2n) is 9.86. The van der Waals surface area contributed by atoms with Crippen molar-refractivity contribution in [2.24, 2.45) is 16.7 Å². The summed E-state index contributed by atoms with van der Waals surface area (Å²) < 4.78 is 46.2. The van der Waals surface area contributed by atoms with E-state index in [-0.39, 0.29) is 16.3 Å². The number of unbranched alkanes of at least 4 members (excludes halogenated alkanes) is 1. The minimum absolute atomic E-state index is 0.133. The summed E-state index contributed by atoms with van der Waals surface area (Å²) in [5, 5.41) is 0. The SMILES string of the molecule is CCCCOC(=O)C12CC3CCC1(C)C3(C)CN2S(=O)(=O)c1ccc2c(c1)OCCO2. The Hall–Kier alpha value is -1.80. The van der Waals surface area contributed by atoms with Crippen LogP contribution in [0, 0.1) is 16.7 Å². The molecule has 0 amide bonds. The zero-order chi connectivity index (χ0) is 22.1. The van der Waals surface area contributed by atoms with E-state index in [9.17, 15) is 13.2 Å². The fourth-order valence-electron chi connectivity index (χ4n) is 6.66. The van der Waals surface area contributed by atoms with Gasteiger partial charge in [0.05, 0.1) is 11.5 Å². The summed E-state index contributed by atoms with van der Waals surface area (Å²) in [6.07, 6.45) is 4.10. The number of esters is 1. The number of fused-ring (bicyclic) bond motifs is 1. The Kier molecular flexibility index (Phi) is 4.65. The number of hydrogen-bond donors (Lipinski definition) is 0. The van der Waals surface area contributed by atoms with Gasteiger partial charge in [0.2, 0.25) is 10.0 Å². The third-order valence-electron chi connectivity index (χ3n) is 8.68. The van der Waals surface area contributed by atoms with Crippen LogP contribution in [0.15, 0.2) is 23.1 Å². The number of nitrogens with zero attached hydrogens (tertiary/aromatic N) is 1. The van der Waals surface area contributed by atoms with E-state index in [1.807, 2.05) is 6.92 Å². The molecule has 0 aromatic heterocycles. The second-order valence-corrected chi connectivity index (χ2v) is 11.7. The third kappa shape index (κ3) is 2.55. The van der Waals surface area contributed by atoms with Crippen molar-refractivity contribution in [2.45, 2.75) is 63.3 Å². The van der Waals surface area contributed by atoms with Gasteiger partial charge in [-0.25, -0.2) is 13.2 Å². The zero-order valence-electron chi connectivity index (χ0n) is 18.5. The van der Waals surface area contributed by atoms with E-state index in [2.05, 4.69) is 13.8 Å². The van der Waals surface area contributed by atoms with Gasteiger partial charge in [-0.2, -0.15) is 4.31 Å². The molecule has 4 atom stereocenters. The molecule has 4 unspecified atom stereocenters. The maximum absolute atomic E-state index is 13.9. The summed E-state index contributed by atoms with van der Waals surface area (Å²) in [6, 6.07) is 4.71. The molecule has 0 spiro atoms. The predicted molar refractivity (Wildman–Crippen MR) is 113 cm³/mol. The van der Waals surface area contributed by atoms with Crippen molar-refractivity contribution < 1.29 is 27.4 Å². The Balaban J connectivity index is 1.57. The largest absolute Gasteiger partial charge is 0.486 e. The van der Waals surface area contributed by atoms with Gasteiger partial charge in [0, 0.05) is 18.0 Å². The van der Waals surface area contributed by atoms with Gasteiger partial charge < -0.3 is 14.2 Å². The molecular formula is C23H31NO6S. The summed E-state index contributed by atoms with van der Waals surface area (Å²) in [4.78, 5) is 13.7. The minimum atomic E-state index is -3.94. The molecule has 1 saturated heterocycles. The van der Waals surface area contributed by atoms with E-state index < -0.39 is 21.0 Å². The van der Waals surface area contributed by atoms with Crippen LogP contribution in [-0.2, 0) is 19.6 Å². The summed E-state index contributed by atoms with van der Waals surface area (Å²) in [6.45, 7) is 7.78. The van der Waals surface area contributed by atoms with Crippen molar-refractivity contribution >= 4 is 16.0 Å². The number of piperidine rings is 1. The number of carbonyl (C=O) groups is 1. The zero-order valence-corrected chi connectivity index (χ0v) is 19.3. The van der Waals surface area contributed by atoms with Crippen molar-refractivity contribution in [3.8, 4) is 11.5 Å². The highest BCUT2D eigenvalue weighted by atomic mass is 32.2. The number of hydrogen-bond acceptors (Lipinski definition) is 6. The summed E-state index contributed by atoms with van der Waals surface area (Å²) in [7, 11) is -3.94. The molecule has 7 nitrogen and oxygen atoms in total. The molecule has 2 aliphatic heterocycles. The highest BCUT2D eigenvalue weighted by Crippen LogP contribution is 2.76. The number of ether oxygens (including phenoxy) is 3. The molecule has 2 heterocycles. The van der Waals surface area contributed by atoms with E-state index in [0.717, 1.165) is 25.7 Å². The predicted octanol–water partition coefficient (Wildman–Crippen LogP) is 3.37. The van der Waals surface area contributed by atoms with Gasteiger partial charge in [-0.05, 0) is 49.1 Å². The van der Waals surface area contributed by atoms with Crippen LogP contribution in [0.4, 0.5) is 0 Å². The molecule has 2 aliphatic carbocycles. The van der Waals surface area contributed by atoms with Crippen LogP contribution in [0.2, 0.25) is 0 Å². The molecule has 1 aromatic rings. The monoisotopic (exact) mass is 449 g/mol. The molecule has 4 bridgehead atoms. The average molecular weight is 450 g/mol. The minimum Gasteiger partial charge on any atom is -0.486 e. The lowest BCUT2D eigenvalue weighted by Crippen LogP contribution is -2.61. The lowest BCUT2D eigenvalue weighted by molar-refractivity contribution is -0.160. The summed E-state index contributed by atoms with van der Waals surface area (Å²) >= 11 is 0. The highest BCUT2D eigenvalue weighted by Gasteiger charge is 2.82. The van der Waals surface area contributed by atoms with Crippen LogP contribution in [0.5, 0.6) is 11.5 Å². The second kappa shape index (κ2) is 6.85. The Morgan fingerprint density at radius 2 is 1.97 bits per heavy atom. The molecule has 0 radical (unpaired) electrons. The Morgan fingerprint density at radius 3 is 2.68 bits per heavy atom. The molecule has 31 heavy (non-hydrogen) atoms. The first-order valence-corrected chi connectivity index (χ1v) is 12.7. The number of sulfonamides is 1. The molecule has 1 aromatic carbocycles. The van der Waals surface area contributed by atoms with Gasteiger partial charge in [-0.15, -0.1) is 0 Å². The normalized spacial score (nSPS) is 36.0. The van der Waals surface area contributed by atoms with E-state index in [1.54, 1.807) is 12.1 Å². The molecule has 4 aliphatic rings. The van der Waals surface area contributed by atoms with Crippen LogP contribution >= 0.6 is 0 Å². The first kappa shape index (κ1) is 21.1. The van der Waals surface area contributed by atoms with Crippen LogP contribution in [0.1, 0.15) is 52.9 Å². The fraction of sp³-hybridized carbons (Fsp3) is 0.696. The van der Waals surface area contributed by atoms with E-state index in [0.29, 0.717) is 50.2 Å². The third-order valence-corrected chi connectivity index (χ3v) is 10.5. The van der Waals surface area contributed by atoms with Crippen LogP contribution in [0.3, 0.4) is 0 Å². The highest BCUT2D eigenvalue weighted by molar-refractivity contribution is 7.89. The Bertz CT molecular complexity index is 1020. The molecule has 3 fully saturated rings. The maximum Gasteiger partial charge on any atom is 0.328 e. The van der Waals surface area contributed by atoms with Crippen molar-refractivity contribution in [3.63, 3.8) is 0 Å². The van der Waals surface area contributed by atoms with E-state index >= 15 is 0 Å². The molecule has 8 heteroatoms. The topological polar surface area (TPSA) is 82.1 Å². The van der Waals surface area contributed by atoms with Crippen LogP contribution < -0.4 is 9.47 Å². The Labute approximate surface area is 184 Å². The number of rotatable bonds is 6. The van der Waals surface area contributed by atoms with Crippen LogP contribution in [0.25, 0.3) is 0 Å². The standard InChI is InChI=1S/C23H31NO6S/c1-4-5-10-30-20(25)23-14-16-8-9-22(23,3)21(16,2)15-24(23)31(26,27)17-6-7-18-19(13-17)29-12-11-28-18/h6-7,13,16H,4-5,8-12,14-15H2,1-3H3. The lowest BCUT2D eigenvalue weighted by atomic mass is 9.66. The van der Waals surface area contributed by atoms with Crippen molar-refractivity contribution in [3.05, 3.63) is 18.2 Å². The molecule has 2 saturated carbocycles. The molecule has 5 rings (SSSR count). The van der Waals surface area contributed by atoms with Crippen molar-refractivity contribution in [1.29, 1.82) is 0 Å². The average Bonchev–Trinajstić information content (AvgIpc) is 3.22.